The van der Waals surface area contributed by atoms with Gasteiger partial charge in [-0.2, -0.15) is 13.2 Å². The Morgan fingerprint density at radius 1 is 1.05 bits per heavy atom. The molecule has 0 aliphatic heterocycles. The molecule has 0 aromatic heterocycles. The van der Waals surface area contributed by atoms with E-state index in [1.807, 2.05) is 6.92 Å². The molecule has 0 fully saturated rings. The Bertz CT molecular complexity index is 396. The summed E-state index contributed by atoms with van der Waals surface area (Å²) in [5.74, 6) is -0.862. The second kappa shape index (κ2) is 6.92. The third-order valence-corrected chi connectivity index (χ3v) is 3.31. The molecule has 0 nitrogen and oxygen atoms in total. The average molecular weight is 276 g/mol. The highest BCUT2D eigenvalue weighted by Crippen LogP contribution is 2.33. The number of rotatable bonds is 6. The van der Waals surface area contributed by atoms with Crippen molar-refractivity contribution >= 4 is 0 Å². The first-order chi connectivity index (χ1) is 8.84. The second-order valence-corrected chi connectivity index (χ2v) is 5.02. The van der Waals surface area contributed by atoms with E-state index >= 15 is 0 Å². The van der Waals surface area contributed by atoms with E-state index in [0.717, 1.165) is 38.2 Å². The molecule has 0 aliphatic rings. The molecule has 4 heteroatoms. The van der Waals surface area contributed by atoms with Crippen molar-refractivity contribution in [2.24, 2.45) is 0 Å². The lowest BCUT2D eigenvalue weighted by Crippen LogP contribution is -2.07. The van der Waals surface area contributed by atoms with E-state index in [0.29, 0.717) is 11.6 Å². The smallest absolute Gasteiger partial charge is 0.207 e. The first-order valence-corrected chi connectivity index (χ1v) is 6.72. The van der Waals surface area contributed by atoms with Gasteiger partial charge in [0, 0.05) is 0 Å². The van der Waals surface area contributed by atoms with Gasteiger partial charge in [0.05, 0.1) is 5.56 Å². The van der Waals surface area contributed by atoms with Gasteiger partial charge in [-0.3, -0.25) is 0 Å². The molecule has 0 aliphatic carbocycles. The van der Waals surface area contributed by atoms with Gasteiger partial charge in [-0.05, 0) is 36.1 Å². The van der Waals surface area contributed by atoms with Crippen molar-refractivity contribution in [1.82, 2.24) is 0 Å². The van der Waals surface area contributed by atoms with Crippen molar-refractivity contribution in [2.75, 3.05) is 0 Å². The standard InChI is InChI=1S/C15H20F4/c1-3-4-5-6-7-11(2)12-8-13(15(17,18)19)10-14(16)9-12/h8-11H,3-7H2,1-2H3. The van der Waals surface area contributed by atoms with Crippen LogP contribution in [0.1, 0.15) is 63.0 Å². The average Bonchev–Trinajstić information content (AvgIpc) is 2.32. The lowest BCUT2D eigenvalue weighted by atomic mass is 9.93. The highest BCUT2D eigenvalue weighted by Gasteiger charge is 2.31. The molecule has 0 spiro atoms. The first-order valence-electron chi connectivity index (χ1n) is 6.72. The molecule has 0 saturated heterocycles. The van der Waals surface area contributed by atoms with E-state index in [9.17, 15) is 17.6 Å². The van der Waals surface area contributed by atoms with Crippen LogP contribution in [0.25, 0.3) is 0 Å². The van der Waals surface area contributed by atoms with Crippen molar-refractivity contribution < 1.29 is 17.6 Å². The number of halogens is 4. The lowest BCUT2D eigenvalue weighted by molar-refractivity contribution is -0.137. The first kappa shape index (κ1) is 16.0. The Hall–Kier alpha value is -1.06. The van der Waals surface area contributed by atoms with Gasteiger partial charge >= 0.3 is 6.18 Å². The number of benzene rings is 1. The molecular weight excluding hydrogens is 256 g/mol. The Labute approximate surface area is 111 Å². The molecule has 1 atom stereocenters. The van der Waals surface area contributed by atoms with Crippen LogP contribution in [0.15, 0.2) is 18.2 Å². The van der Waals surface area contributed by atoms with Crippen molar-refractivity contribution in [3.8, 4) is 0 Å². The highest BCUT2D eigenvalue weighted by atomic mass is 19.4. The maximum atomic E-state index is 13.3. The van der Waals surface area contributed by atoms with E-state index < -0.39 is 17.6 Å². The normalized spacial score (nSPS) is 13.6. The zero-order chi connectivity index (χ0) is 14.5. The molecule has 1 unspecified atom stereocenters. The van der Waals surface area contributed by atoms with Gasteiger partial charge < -0.3 is 0 Å². The molecule has 0 heterocycles. The summed E-state index contributed by atoms with van der Waals surface area (Å²) >= 11 is 0. The summed E-state index contributed by atoms with van der Waals surface area (Å²) in [6, 6.07) is 2.82. The number of hydrogen-bond acceptors (Lipinski definition) is 0. The van der Waals surface area contributed by atoms with Gasteiger partial charge in [-0.15, -0.1) is 0 Å². The fourth-order valence-electron chi connectivity index (χ4n) is 2.10. The molecule has 0 amide bonds. The predicted octanol–water partition coefficient (Wildman–Crippen LogP) is 5.92. The van der Waals surface area contributed by atoms with Crippen LogP contribution < -0.4 is 0 Å². The van der Waals surface area contributed by atoms with Crippen molar-refractivity contribution in [3.63, 3.8) is 0 Å². The van der Waals surface area contributed by atoms with E-state index in [1.165, 1.54) is 6.07 Å². The predicted molar refractivity (Wildman–Crippen MR) is 68.6 cm³/mol. The van der Waals surface area contributed by atoms with Crippen molar-refractivity contribution in [1.29, 1.82) is 0 Å². The summed E-state index contributed by atoms with van der Waals surface area (Å²) in [4.78, 5) is 0. The van der Waals surface area contributed by atoms with Crippen LogP contribution in [-0.2, 0) is 6.18 Å². The summed E-state index contributed by atoms with van der Waals surface area (Å²) in [6.07, 6.45) is 0.588. The van der Waals surface area contributed by atoms with Gasteiger partial charge in [0.25, 0.3) is 0 Å². The minimum absolute atomic E-state index is 0.0475. The fraction of sp³-hybridized carbons (Fsp3) is 0.600. The molecule has 19 heavy (non-hydrogen) atoms. The Kier molecular flexibility index (Phi) is 5.83. The SMILES string of the molecule is CCCCCCC(C)c1cc(F)cc(C(F)(F)F)c1. The number of unbranched alkanes of at least 4 members (excludes halogenated alkanes) is 3. The van der Waals surface area contributed by atoms with Gasteiger partial charge in [0.2, 0.25) is 0 Å². The monoisotopic (exact) mass is 276 g/mol. The van der Waals surface area contributed by atoms with E-state index in [1.54, 1.807) is 0 Å². The lowest BCUT2D eigenvalue weighted by Gasteiger charge is -2.15. The van der Waals surface area contributed by atoms with Crippen LogP contribution in [0.2, 0.25) is 0 Å². The van der Waals surface area contributed by atoms with Gasteiger partial charge in [0.1, 0.15) is 5.82 Å². The van der Waals surface area contributed by atoms with Crippen LogP contribution in [0, 0.1) is 5.82 Å². The molecule has 108 valence electrons. The van der Waals surface area contributed by atoms with Crippen LogP contribution >= 0.6 is 0 Å². The summed E-state index contributed by atoms with van der Waals surface area (Å²) in [5, 5.41) is 0. The molecule has 0 bridgehead atoms. The molecule has 0 saturated carbocycles. The van der Waals surface area contributed by atoms with Crippen LogP contribution in [-0.4, -0.2) is 0 Å². The van der Waals surface area contributed by atoms with Crippen LogP contribution in [0.4, 0.5) is 17.6 Å². The Morgan fingerprint density at radius 2 is 1.74 bits per heavy atom. The molecule has 1 aromatic carbocycles. The quantitative estimate of drug-likeness (QED) is 0.447. The maximum Gasteiger partial charge on any atom is 0.416 e. The Morgan fingerprint density at radius 3 is 2.32 bits per heavy atom. The van der Waals surface area contributed by atoms with Crippen molar-refractivity contribution in [3.05, 3.63) is 35.1 Å². The van der Waals surface area contributed by atoms with E-state index in [-0.39, 0.29) is 5.92 Å². The summed E-state index contributed by atoms with van der Waals surface area (Å²) in [5.41, 5.74) is -0.466. The zero-order valence-corrected chi connectivity index (χ0v) is 11.4. The summed E-state index contributed by atoms with van der Waals surface area (Å²) in [7, 11) is 0. The second-order valence-electron chi connectivity index (χ2n) is 5.02. The minimum atomic E-state index is -4.49. The molecule has 1 aromatic rings. The van der Waals surface area contributed by atoms with E-state index in [4.69, 9.17) is 0 Å². The third-order valence-electron chi connectivity index (χ3n) is 3.31. The summed E-state index contributed by atoms with van der Waals surface area (Å²) < 4.78 is 51.1. The van der Waals surface area contributed by atoms with Crippen molar-refractivity contribution in [2.45, 2.75) is 58.0 Å². The maximum absolute atomic E-state index is 13.3. The van der Waals surface area contributed by atoms with Crippen LogP contribution in [0.3, 0.4) is 0 Å². The third kappa shape index (κ3) is 5.21. The Balaban J connectivity index is 2.74. The van der Waals surface area contributed by atoms with E-state index in [2.05, 4.69) is 6.92 Å². The minimum Gasteiger partial charge on any atom is -0.207 e. The number of alkyl halides is 3. The van der Waals surface area contributed by atoms with Gasteiger partial charge in [0.15, 0.2) is 0 Å². The highest BCUT2D eigenvalue weighted by molar-refractivity contribution is 5.29. The fourth-order valence-corrected chi connectivity index (χ4v) is 2.10. The van der Waals surface area contributed by atoms with Crippen LogP contribution in [0.5, 0.6) is 0 Å². The summed E-state index contributed by atoms with van der Waals surface area (Å²) in [6.45, 7) is 3.95. The molecule has 0 N–H and O–H groups in total. The zero-order valence-electron chi connectivity index (χ0n) is 11.4. The van der Waals surface area contributed by atoms with Gasteiger partial charge in [-0.1, -0.05) is 39.5 Å². The molecule has 1 rings (SSSR count). The largest absolute Gasteiger partial charge is 0.416 e. The van der Waals surface area contributed by atoms with Gasteiger partial charge in [-0.25, -0.2) is 4.39 Å². The molecular formula is C15H20F4. The topological polar surface area (TPSA) is 0 Å². The number of hydrogen-bond donors (Lipinski definition) is 0. The molecule has 0 radical (unpaired) electrons.